The summed E-state index contributed by atoms with van der Waals surface area (Å²) in [5, 5.41) is 7.97. The molecule has 0 saturated carbocycles. The number of halogens is 1. The number of hydrogen-bond acceptors (Lipinski definition) is 4. The van der Waals surface area contributed by atoms with Gasteiger partial charge in [0.05, 0.1) is 10.6 Å². The van der Waals surface area contributed by atoms with Crippen molar-refractivity contribution in [1.29, 1.82) is 0 Å². The van der Waals surface area contributed by atoms with Gasteiger partial charge in [0.25, 0.3) is 0 Å². The monoisotopic (exact) mass is 367 g/mol. The van der Waals surface area contributed by atoms with Crippen LogP contribution in [0.4, 0.5) is 0 Å². The average Bonchev–Trinajstić information content (AvgIpc) is 2.93. The van der Waals surface area contributed by atoms with Crippen molar-refractivity contribution in [2.75, 3.05) is 6.54 Å². The molecule has 2 rings (SSSR count). The Labute approximate surface area is 139 Å². The predicted octanol–water partition coefficient (Wildman–Crippen LogP) is 4.71. The Kier molecular flexibility index (Phi) is 6.33. The molecular weight excluding hydrogens is 346 g/mol. The summed E-state index contributed by atoms with van der Waals surface area (Å²) in [7, 11) is 0. The molecule has 1 N–H and O–H groups in total. The fraction of sp³-hybridized carbons (Fsp3) is 0.500. The average molecular weight is 368 g/mol. The van der Waals surface area contributed by atoms with Gasteiger partial charge in [-0.15, -0.1) is 5.10 Å². The first-order valence-electron chi connectivity index (χ1n) is 7.41. The van der Waals surface area contributed by atoms with Crippen LogP contribution in [-0.4, -0.2) is 16.1 Å². The minimum atomic E-state index is 0.289. The lowest BCUT2D eigenvalue weighted by Gasteiger charge is -2.19. The van der Waals surface area contributed by atoms with E-state index in [1.54, 1.807) is 0 Å². The zero-order chi connectivity index (χ0) is 15.2. The summed E-state index contributed by atoms with van der Waals surface area (Å²) in [6, 6.07) is 8.80. The zero-order valence-electron chi connectivity index (χ0n) is 12.8. The van der Waals surface area contributed by atoms with Crippen molar-refractivity contribution in [3.8, 4) is 0 Å². The standard InChI is InChI=1S/C16H22BrN3S/c1-4-8-18-14(10-12-6-5-7-13(17)9-12)16-15(11(2)3)19-20-21-16/h5-7,9,11,14,18H,4,8,10H2,1-3H3. The van der Waals surface area contributed by atoms with Crippen molar-refractivity contribution >= 4 is 27.5 Å². The minimum Gasteiger partial charge on any atom is -0.309 e. The molecular formula is C16H22BrN3S. The summed E-state index contributed by atoms with van der Waals surface area (Å²) in [5.41, 5.74) is 2.45. The summed E-state index contributed by atoms with van der Waals surface area (Å²) >= 11 is 5.07. The smallest absolute Gasteiger partial charge is 0.0829 e. The quantitative estimate of drug-likeness (QED) is 0.769. The van der Waals surface area contributed by atoms with Crippen molar-refractivity contribution in [1.82, 2.24) is 14.9 Å². The first-order chi connectivity index (χ1) is 10.1. The second-order valence-corrected chi connectivity index (χ2v) is 7.22. The first kappa shape index (κ1) is 16.6. The van der Waals surface area contributed by atoms with Crippen molar-refractivity contribution < 1.29 is 0 Å². The van der Waals surface area contributed by atoms with E-state index >= 15 is 0 Å². The van der Waals surface area contributed by atoms with E-state index in [9.17, 15) is 0 Å². The first-order valence-corrected chi connectivity index (χ1v) is 8.98. The van der Waals surface area contributed by atoms with Gasteiger partial charge < -0.3 is 5.32 Å². The molecule has 1 heterocycles. The Bertz CT molecular complexity index is 568. The highest BCUT2D eigenvalue weighted by molar-refractivity contribution is 9.10. The van der Waals surface area contributed by atoms with Gasteiger partial charge >= 0.3 is 0 Å². The maximum atomic E-state index is 4.32. The van der Waals surface area contributed by atoms with Gasteiger partial charge in [-0.05, 0) is 54.5 Å². The van der Waals surface area contributed by atoms with E-state index in [0.29, 0.717) is 5.92 Å². The molecule has 0 aliphatic heterocycles. The second-order valence-electron chi connectivity index (χ2n) is 5.52. The van der Waals surface area contributed by atoms with E-state index in [1.807, 2.05) is 0 Å². The van der Waals surface area contributed by atoms with Crippen LogP contribution >= 0.6 is 27.5 Å². The van der Waals surface area contributed by atoms with Crippen LogP contribution in [0.25, 0.3) is 0 Å². The molecule has 0 radical (unpaired) electrons. The number of benzene rings is 1. The highest BCUT2D eigenvalue weighted by Gasteiger charge is 2.21. The number of nitrogens with one attached hydrogen (secondary N) is 1. The van der Waals surface area contributed by atoms with Gasteiger partial charge in [-0.25, -0.2) is 0 Å². The maximum absolute atomic E-state index is 4.32. The van der Waals surface area contributed by atoms with Crippen LogP contribution in [0.5, 0.6) is 0 Å². The van der Waals surface area contributed by atoms with Gasteiger partial charge in [0.15, 0.2) is 0 Å². The van der Waals surface area contributed by atoms with E-state index in [4.69, 9.17) is 0 Å². The number of aromatic nitrogens is 2. The van der Waals surface area contributed by atoms with Crippen LogP contribution in [0, 0.1) is 0 Å². The molecule has 21 heavy (non-hydrogen) atoms. The minimum absolute atomic E-state index is 0.289. The predicted molar refractivity (Wildman–Crippen MR) is 92.9 cm³/mol. The molecule has 0 spiro atoms. The Hall–Kier alpha value is -0.780. The molecule has 0 aliphatic carbocycles. The lowest BCUT2D eigenvalue weighted by atomic mass is 10.00. The summed E-state index contributed by atoms with van der Waals surface area (Å²) < 4.78 is 5.30. The molecule has 1 atom stereocenters. The third-order valence-corrected chi connectivity index (χ3v) is 4.72. The maximum Gasteiger partial charge on any atom is 0.0829 e. The summed E-state index contributed by atoms with van der Waals surface area (Å²) in [5.74, 6) is 0.409. The van der Waals surface area contributed by atoms with E-state index in [-0.39, 0.29) is 6.04 Å². The van der Waals surface area contributed by atoms with Crippen molar-refractivity contribution in [2.45, 2.75) is 45.6 Å². The molecule has 0 aliphatic rings. The van der Waals surface area contributed by atoms with Gasteiger partial charge in [-0.2, -0.15) is 0 Å². The molecule has 1 aromatic heterocycles. The molecule has 114 valence electrons. The van der Waals surface area contributed by atoms with Gasteiger partial charge in [0, 0.05) is 10.5 Å². The van der Waals surface area contributed by atoms with Crippen LogP contribution in [-0.2, 0) is 6.42 Å². The Morgan fingerprint density at radius 2 is 2.14 bits per heavy atom. The van der Waals surface area contributed by atoms with E-state index in [2.05, 4.69) is 75.9 Å². The molecule has 0 amide bonds. The fourth-order valence-electron chi connectivity index (χ4n) is 2.32. The Balaban J connectivity index is 2.23. The lowest BCUT2D eigenvalue weighted by Crippen LogP contribution is -2.24. The summed E-state index contributed by atoms with van der Waals surface area (Å²) in [6.45, 7) is 7.55. The molecule has 5 heteroatoms. The number of hydrogen-bond donors (Lipinski definition) is 1. The topological polar surface area (TPSA) is 37.8 Å². The van der Waals surface area contributed by atoms with Crippen LogP contribution in [0.3, 0.4) is 0 Å². The van der Waals surface area contributed by atoms with E-state index in [1.165, 1.54) is 22.0 Å². The highest BCUT2D eigenvalue weighted by atomic mass is 79.9. The van der Waals surface area contributed by atoms with Crippen LogP contribution in [0.15, 0.2) is 28.7 Å². The number of nitrogens with zero attached hydrogens (tertiary/aromatic N) is 2. The molecule has 0 saturated heterocycles. The van der Waals surface area contributed by atoms with Gasteiger partial charge in [-0.1, -0.05) is 53.3 Å². The molecule has 1 aromatic carbocycles. The van der Waals surface area contributed by atoms with E-state index in [0.717, 1.165) is 29.6 Å². The summed E-state index contributed by atoms with van der Waals surface area (Å²) in [6.07, 6.45) is 2.08. The molecule has 0 fully saturated rings. The molecule has 3 nitrogen and oxygen atoms in total. The molecule has 2 aromatic rings. The van der Waals surface area contributed by atoms with Crippen LogP contribution in [0.1, 0.15) is 55.3 Å². The summed E-state index contributed by atoms with van der Waals surface area (Å²) in [4.78, 5) is 1.28. The second kappa shape index (κ2) is 8.01. The zero-order valence-corrected chi connectivity index (χ0v) is 15.2. The Morgan fingerprint density at radius 3 is 2.81 bits per heavy atom. The normalized spacial score (nSPS) is 12.8. The fourth-order valence-corrected chi connectivity index (χ4v) is 3.65. The van der Waals surface area contributed by atoms with Gasteiger partial charge in [0.1, 0.15) is 0 Å². The third-order valence-electron chi connectivity index (χ3n) is 3.37. The SMILES string of the molecule is CCCNC(Cc1cccc(Br)c1)c1snnc1C(C)C. The lowest BCUT2D eigenvalue weighted by molar-refractivity contribution is 0.529. The number of rotatable bonds is 7. The van der Waals surface area contributed by atoms with Gasteiger partial charge in [0.2, 0.25) is 0 Å². The van der Waals surface area contributed by atoms with Crippen LogP contribution < -0.4 is 5.32 Å². The third kappa shape index (κ3) is 4.59. The Morgan fingerprint density at radius 1 is 1.33 bits per heavy atom. The largest absolute Gasteiger partial charge is 0.309 e. The molecule has 0 bridgehead atoms. The highest BCUT2D eigenvalue weighted by Crippen LogP contribution is 2.29. The van der Waals surface area contributed by atoms with Crippen molar-refractivity contribution in [2.24, 2.45) is 0 Å². The van der Waals surface area contributed by atoms with E-state index < -0.39 is 0 Å². The van der Waals surface area contributed by atoms with Crippen molar-refractivity contribution in [3.05, 3.63) is 44.9 Å². The van der Waals surface area contributed by atoms with Crippen LogP contribution in [0.2, 0.25) is 0 Å². The molecule has 1 unspecified atom stereocenters. The van der Waals surface area contributed by atoms with Gasteiger partial charge in [-0.3, -0.25) is 0 Å². The van der Waals surface area contributed by atoms with Crippen molar-refractivity contribution in [3.63, 3.8) is 0 Å².